The molecule has 8 heteroatoms. The van der Waals surface area contributed by atoms with Crippen LogP contribution in [0.5, 0.6) is 0 Å². The predicted molar refractivity (Wildman–Crippen MR) is 94.5 cm³/mol. The summed E-state index contributed by atoms with van der Waals surface area (Å²) in [6.45, 7) is 1.77. The van der Waals surface area contributed by atoms with Gasteiger partial charge in [-0.1, -0.05) is 29.8 Å². The number of piperazine rings is 1. The molecule has 1 aliphatic heterocycles. The third-order valence-corrected chi connectivity index (χ3v) is 7.52. The van der Waals surface area contributed by atoms with Crippen LogP contribution in [0.2, 0.25) is 5.02 Å². The normalized spacial score (nSPS) is 18.2. The first kappa shape index (κ1) is 17.4. The topological polar surface area (TPSA) is 64.4 Å². The molecule has 1 aliphatic rings. The minimum Gasteiger partial charge on any atom is -0.282 e. The van der Waals surface area contributed by atoms with Crippen LogP contribution in [0.1, 0.15) is 11.6 Å². The lowest BCUT2D eigenvalue weighted by Crippen LogP contribution is -2.49. The molecule has 0 bridgehead atoms. The molecule has 1 saturated heterocycles. The smallest absolute Gasteiger partial charge is 0.252 e. The van der Waals surface area contributed by atoms with Crippen molar-refractivity contribution in [3.8, 4) is 6.07 Å². The SMILES string of the molecule is N#CC(c1cccc(Cl)c1)N1CCN(S(=O)(=O)c2cccs2)CC1. The van der Waals surface area contributed by atoms with E-state index in [1.54, 1.807) is 29.6 Å². The molecule has 2 aromatic rings. The quantitative estimate of drug-likeness (QED) is 0.816. The molecule has 24 heavy (non-hydrogen) atoms. The van der Waals surface area contributed by atoms with E-state index in [9.17, 15) is 13.7 Å². The van der Waals surface area contributed by atoms with Crippen molar-refractivity contribution in [3.63, 3.8) is 0 Å². The van der Waals surface area contributed by atoms with E-state index in [4.69, 9.17) is 11.6 Å². The molecule has 1 unspecified atom stereocenters. The molecule has 1 atom stereocenters. The first-order chi connectivity index (χ1) is 11.5. The highest BCUT2D eigenvalue weighted by atomic mass is 35.5. The number of benzene rings is 1. The van der Waals surface area contributed by atoms with Gasteiger partial charge in [-0.15, -0.1) is 11.3 Å². The predicted octanol–water partition coefficient (Wildman–Crippen LogP) is 2.97. The van der Waals surface area contributed by atoms with Crippen LogP contribution in [0.25, 0.3) is 0 Å². The third-order valence-electron chi connectivity index (χ3n) is 4.01. The zero-order valence-electron chi connectivity index (χ0n) is 12.8. The summed E-state index contributed by atoms with van der Waals surface area (Å²) >= 11 is 7.23. The Balaban J connectivity index is 1.72. The van der Waals surface area contributed by atoms with Crippen LogP contribution in [-0.4, -0.2) is 43.8 Å². The monoisotopic (exact) mass is 381 g/mol. The van der Waals surface area contributed by atoms with E-state index < -0.39 is 16.1 Å². The summed E-state index contributed by atoms with van der Waals surface area (Å²) in [4.78, 5) is 1.99. The van der Waals surface area contributed by atoms with Gasteiger partial charge in [0.1, 0.15) is 10.3 Å². The maximum atomic E-state index is 12.5. The maximum Gasteiger partial charge on any atom is 0.252 e. The summed E-state index contributed by atoms with van der Waals surface area (Å²) in [6.07, 6.45) is 0. The molecule has 0 spiro atoms. The minimum atomic E-state index is -3.42. The van der Waals surface area contributed by atoms with Crippen molar-refractivity contribution < 1.29 is 8.42 Å². The summed E-state index contributed by atoms with van der Waals surface area (Å²) in [7, 11) is -3.42. The molecule has 3 rings (SSSR count). The van der Waals surface area contributed by atoms with E-state index in [1.807, 2.05) is 17.0 Å². The highest BCUT2D eigenvalue weighted by Crippen LogP contribution is 2.26. The van der Waals surface area contributed by atoms with Gasteiger partial charge < -0.3 is 0 Å². The third kappa shape index (κ3) is 3.48. The Hall–Kier alpha value is -1.43. The van der Waals surface area contributed by atoms with Crippen LogP contribution >= 0.6 is 22.9 Å². The lowest BCUT2D eigenvalue weighted by Gasteiger charge is -2.36. The van der Waals surface area contributed by atoms with Gasteiger partial charge in [0.15, 0.2) is 0 Å². The van der Waals surface area contributed by atoms with Gasteiger partial charge in [0.05, 0.1) is 6.07 Å². The molecule has 2 heterocycles. The van der Waals surface area contributed by atoms with E-state index >= 15 is 0 Å². The van der Waals surface area contributed by atoms with Crippen molar-refractivity contribution in [2.75, 3.05) is 26.2 Å². The van der Waals surface area contributed by atoms with Crippen molar-refractivity contribution >= 4 is 33.0 Å². The summed E-state index contributed by atoms with van der Waals surface area (Å²) < 4.78 is 26.9. The first-order valence-corrected chi connectivity index (χ1v) is 10.1. The molecule has 0 radical (unpaired) electrons. The van der Waals surface area contributed by atoms with Crippen molar-refractivity contribution in [2.45, 2.75) is 10.3 Å². The Kier molecular flexibility index (Phi) is 5.23. The molecular weight excluding hydrogens is 366 g/mol. The molecule has 1 fully saturated rings. The van der Waals surface area contributed by atoms with Gasteiger partial charge in [-0.2, -0.15) is 9.57 Å². The lowest BCUT2D eigenvalue weighted by atomic mass is 10.1. The standard InChI is InChI=1S/C16H16ClN3O2S2/c17-14-4-1-3-13(11-14)15(12-18)19-6-8-20(9-7-19)24(21,22)16-5-2-10-23-16/h1-5,10-11,15H,6-9H2. The zero-order chi connectivity index (χ0) is 17.2. The largest absolute Gasteiger partial charge is 0.282 e. The van der Waals surface area contributed by atoms with Gasteiger partial charge in [0.25, 0.3) is 10.0 Å². The van der Waals surface area contributed by atoms with E-state index in [0.717, 1.165) is 5.56 Å². The lowest BCUT2D eigenvalue weighted by molar-refractivity contribution is 0.163. The van der Waals surface area contributed by atoms with Crippen molar-refractivity contribution in [2.24, 2.45) is 0 Å². The van der Waals surface area contributed by atoms with E-state index in [-0.39, 0.29) is 0 Å². The summed E-state index contributed by atoms with van der Waals surface area (Å²) in [5.74, 6) is 0. The van der Waals surface area contributed by atoms with Crippen LogP contribution in [0, 0.1) is 11.3 Å². The Morgan fingerprint density at radius 1 is 1.17 bits per heavy atom. The number of halogens is 1. The van der Waals surface area contributed by atoms with Crippen LogP contribution in [0.4, 0.5) is 0 Å². The number of sulfonamides is 1. The van der Waals surface area contributed by atoms with Crippen LogP contribution in [0.15, 0.2) is 46.0 Å². The van der Waals surface area contributed by atoms with Crippen LogP contribution in [-0.2, 0) is 10.0 Å². The fraction of sp³-hybridized carbons (Fsp3) is 0.312. The van der Waals surface area contributed by atoms with Crippen molar-refractivity contribution in [3.05, 3.63) is 52.4 Å². The van der Waals surface area contributed by atoms with E-state index in [1.165, 1.54) is 15.6 Å². The number of hydrogen-bond acceptors (Lipinski definition) is 5. The molecule has 1 aromatic heterocycles. The fourth-order valence-electron chi connectivity index (χ4n) is 2.78. The number of rotatable bonds is 4. The molecule has 1 aromatic carbocycles. The Morgan fingerprint density at radius 2 is 1.92 bits per heavy atom. The van der Waals surface area contributed by atoms with Crippen LogP contribution in [0.3, 0.4) is 0 Å². The molecule has 126 valence electrons. The number of thiophene rings is 1. The van der Waals surface area contributed by atoms with E-state index in [0.29, 0.717) is 35.4 Å². The summed E-state index contributed by atoms with van der Waals surface area (Å²) in [6, 6.07) is 12.5. The minimum absolute atomic E-state index is 0.364. The number of nitriles is 1. The molecule has 5 nitrogen and oxygen atoms in total. The van der Waals surface area contributed by atoms with Crippen molar-refractivity contribution in [1.29, 1.82) is 5.26 Å². The zero-order valence-corrected chi connectivity index (χ0v) is 15.2. The average Bonchev–Trinajstić information content (AvgIpc) is 3.11. The van der Waals surface area contributed by atoms with Crippen LogP contribution < -0.4 is 0 Å². The van der Waals surface area contributed by atoms with Gasteiger partial charge in [-0.05, 0) is 29.1 Å². The van der Waals surface area contributed by atoms with Gasteiger partial charge in [0, 0.05) is 31.2 Å². The second kappa shape index (κ2) is 7.21. The van der Waals surface area contributed by atoms with Gasteiger partial charge in [-0.25, -0.2) is 8.42 Å². The maximum absolute atomic E-state index is 12.5. The second-order valence-corrected chi connectivity index (χ2v) is 9.01. The summed E-state index contributed by atoms with van der Waals surface area (Å²) in [5.41, 5.74) is 0.833. The highest BCUT2D eigenvalue weighted by Gasteiger charge is 2.32. The van der Waals surface area contributed by atoms with Gasteiger partial charge in [0.2, 0.25) is 0 Å². The second-order valence-electron chi connectivity index (χ2n) is 5.46. The average molecular weight is 382 g/mol. The Bertz CT molecular complexity index is 838. The van der Waals surface area contributed by atoms with Gasteiger partial charge >= 0.3 is 0 Å². The highest BCUT2D eigenvalue weighted by molar-refractivity contribution is 7.91. The van der Waals surface area contributed by atoms with Gasteiger partial charge in [-0.3, -0.25) is 4.90 Å². The molecular formula is C16H16ClN3O2S2. The van der Waals surface area contributed by atoms with Crippen molar-refractivity contribution in [1.82, 2.24) is 9.21 Å². The Labute approximate surface area is 150 Å². The Morgan fingerprint density at radius 3 is 2.50 bits per heavy atom. The number of hydrogen-bond donors (Lipinski definition) is 0. The number of nitrogens with zero attached hydrogens (tertiary/aromatic N) is 3. The molecule has 0 N–H and O–H groups in total. The summed E-state index contributed by atoms with van der Waals surface area (Å²) in [5, 5.41) is 11.9. The molecule has 0 amide bonds. The van der Waals surface area contributed by atoms with E-state index in [2.05, 4.69) is 6.07 Å². The molecule has 0 aliphatic carbocycles. The first-order valence-electron chi connectivity index (χ1n) is 7.45. The fourth-order valence-corrected chi connectivity index (χ4v) is 5.55. The molecule has 0 saturated carbocycles.